The van der Waals surface area contributed by atoms with Gasteiger partial charge in [-0.25, -0.2) is 9.97 Å². The van der Waals surface area contributed by atoms with Crippen molar-refractivity contribution in [2.75, 3.05) is 0 Å². The van der Waals surface area contributed by atoms with E-state index >= 15 is 0 Å². The molecular formula is C20H19ClN4OS. The molecule has 0 bridgehead atoms. The Balaban J connectivity index is 1.21. The van der Waals surface area contributed by atoms with Crippen LogP contribution in [-0.2, 0) is 17.8 Å². The van der Waals surface area contributed by atoms with Gasteiger partial charge in [0.1, 0.15) is 5.65 Å². The number of thiazole rings is 1. The Morgan fingerprint density at radius 2 is 2.00 bits per heavy atom. The Labute approximate surface area is 166 Å². The molecule has 3 aromatic heterocycles. The molecular weight excluding hydrogens is 380 g/mol. The first-order valence-electron chi connectivity index (χ1n) is 8.92. The molecule has 0 fully saturated rings. The monoisotopic (exact) mass is 398 g/mol. The molecule has 0 saturated heterocycles. The second kappa shape index (κ2) is 8.06. The molecule has 0 aliphatic rings. The highest BCUT2D eigenvalue weighted by Gasteiger charge is 2.07. The van der Waals surface area contributed by atoms with Crippen LogP contribution >= 0.6 is 22.9 Å². The molecule has 3 heterocycles. The SMILES string of the molecule is O=C(CCCCc1nc2ccccc2s1)NCc1cn2cc(Cl)ccc2n1. The molecule has 27 heavy (non-hydrogen) atoms. The number of imidazole rings is 1. The van der Waals surface area contributed by atoms with Gasteiger partial charge in [-0.15, -0.1) is 11.3 Å². The second-order valence-electron chi connectivity index (χ2n) is 6.40. The van der Waals surface area contributed by atoms with Crippen molar-refractivity contribution in [3.05, 3.63) is 64.5 Å². The van der Waals surface area contributed by atoms with E-state index < -0.39 is 0 Å². The summed E-state index contributed by atoms with van der Waals surface area (Å²) in [6, 6.07) is 11.8. The van der Waals surface area contributed by atoms with E-state index in [1.165, 1.54) is 4.70 Å². The lowest BCUT2D eigenvalue weighted by molar-refractivity contribution is -0.121. The molecule has 5 nitrogen and oxygen atoms in total. The fourth-order valence-corrected chi connectivity index (χ4v) is 4.15. The number of halogens is 1. The predicted molar refractivity (Wildman–Crippen MR) is 109 cm³/mol. The normalized spacial score (nSPS) is 11.3. The van der Waals surface area contributed by atoms with Crippen molar-refractivity contribution in [3.8, 4) is 0 Å². The first-order valence-corrected chi connectivity index (χ1v) is 10.1. The third-order valence-electron chi connectivity index (χ3n) is 4.31. The fraction of sp³-hybridized carbons (Fsp3) is 0.250. The van der Waals surface area contributed by atoms with Crippen LogP contribution in [0.3, 0.4) is 0 Å². The van der Waals surface area contributed by atoms with Crippen molar-refractivity contribution in [3.63, 3.8) is 0 Å². The van der Waals surface area contributed by atoms with Crippen molar-refractivity contribution in [2.45, 2.75) is 32.2 Å². The Kier molecular flexibility index (Phi) is 5.36. The van der Waals surface area contributed by atoms with Gasteiger partial charge < -0.3 is 9.72 Å². The number of pyridine rings is 1. The smallest absolute Gasteiger partial charge is 0.220 e. The number of hydrogen-bond acceptors (Lipinski definition) is 4. The summed E-state index contributed by atoms with van der Waals surface area (Å²) in [5.74, 6) is 0.0504. The van der Waals surface area contributed by atoms with Gasteiger partial charge in [0.2, 0.25) is 5.91 Å². The third-order valence-corrected chi connectivity index (χ3v) is 5.63. The molecule has 0 atom stereocenters. The quantitative estimate of drug-likeness (QED) is 0.462. The van der Waals surface area contributed by atoms with Crippen LogP contribution in [0.4, 0.5) is 0 Å². The number of fused-ring (bicyclic) bond motifs is 2. The van der Waals surface area contributed by atoms with Gasteiger partial charge in [0.15, 0.2) is 0 Å². The molecule has 1 N–H and O–H groups in total. The predicted octanol–water partition coefficient (Wildman–Crippen LogP) is 4.63. The number of nitrogens with one attached hydrogen (secondary N) is 1. The molecule has 0 spiro atoms. The van der Waals surface area contributed by atoms with Gasteiger partial charge in [0.05, 0.1) is 32.5 Å². The van der Waals surface area contributed by atoms with Crippen molar-refractivity contribution in [2.24, 2.45) is 0 Å². The molecule has 1 amide bonds. The highest BCUT2D eigenvalue weighted by Crippen LogP contribution is 2.22. The summed E-state index contributed by atoms with van der Waals surface area (Å²) >= 11 is 7.71. The molecule has 1 aromatic carbocycles. The van der Waals surface area contributed by atoms with Gasteiger partial charge in [0.25, 0.3) is 0 Å². The summed E-state index contributed by atoms with van der Waals surface area (Å²) in [5.41, 5.74) is 2.70. The number of rotatable bonds is 7. The number of carbonyl (C=O) groups excluding carboxylic acids is 1. The first kappa shape index (κ1) is 17.9. The Morgan fingerprint density at radius 3 is 2.89 bits per heavy atom. The number of amides is 1. The Hall–Kier alpha value is -2.44. The van der Waals surface area contributed by atoms with Crippen LogP contribution in [0, 0.1) is 0 Å². The zero-order valence-electron chi connectivity index (χ0n) is 14.7. The minimum Gasteiger partial charge on any atom is -0.350 e. The first-order chi connectivity index (χ1) is 13.2. The highest BCUT2D eigenvalue weighted by atomic mass is 35.5. The van der Waals surface area contributed by atoms with Crippen LogP contribution in [0.15, 0.2) is 48.8 Å². The fourth-order valence-electron chi connectivity index (χ4n) is 2.97. The summed E-state index contributed by atoms with van der Waals surface area (Å²) < 4.78 is 3.08. The topological polar surface area (TPSA) is 59.3 Å². The van der Waals surface area contributed by atoms with Gasteiger partial charge in [-0.1, -0.05) is 23.7 Å². The van der Waals surface area contributed by atoms with Crippen LogP contribution < -0.4 is 5.32 Å². The van der Waals surface area contributed by atoms with Crippen molar-refractivity contribution >= 4 is 44.7 Å². The third kappa shape index (κ3) is 4.46. The highest BCUT2D eigenvalue weighted by molar-refractivity contribution is 7.18. The maximum absolute atomic E-state index is 12.1. The number of aryl methyl sites for hydroxylation is 1. The van der Waals surface area contributed by atoms with Gasteiger partial charge in [-0.05, 0) is 43.5 Å². The summed E-state index contributed by atoms with van der Waals surface area (Å²) in [5, 5.41) is 4.73. The van der Waals surface area contributed by atoms with Crippen LogP contribution in [0.1, 0.15) is 30.0 Å². The van der Waals surface area contributed by atoms with Gasteiger partial charge in [0, 0.05) is 18.8 Å². The number of unbranched alkanes of at least 4 members (excludes halogenated alkanes) is 1. The zero-order chi connectivity index (χ0) is 18.6. The van der Waals surface area contributed by atoms with E-state index in [1.807, 2.05) is 34.9 Å². The number of benzene rings is 1. The summed E-state index contributed by atoms with van der Waals surface area (Å²) in [6.45, 7) is 0.427. The number of para-hydroxylation sites is 1. The minimum atomic E-state index is 0.0504. The van der Waals surface area contributed by atoms with Crippen LogP contribution in [0.2, 0.25) is 5.02 Å². The molecule has 4 aromatic rings. The van der Waals surface area contributed by atoms with E-state index in [-0.39, 0.29) is 5.91 Å². The van der Waals surface area contributed by atoms with Crippen LogP contribution in [0.25, 0.3) is 15.9 Å². The van der Waals surface area contributed by atoms with Gasteiger partial charge in [-0.2, -0.15) is 0 Å². The number of nitrogens with zero attached hydrogens (tertiary/aromatic N) is 3. The van der Waals surface area contributed by atoms with Crippen LogP contribution in [-0.4, -0.2) is 20.3 Å². The number of hydrogen-bond donors (Lipinski definition) is 1. The largest absolute Gasteiger partial charge is 0.350 e. The average molecular weight is 399 g/mol. The molecule has 7 heteroatoms. The summed E-state index contributed by atoms with van der Waals surface area (Å²) in [6.07, 6.45) is 6.93. The lowest BCUT2D eigenvalue weighted by atomic mass is 10.2. The van der Waals surface area contributed by atoms with E-state index in [0.29, 0.717) is 18.0 Å². The number of carbonyl (C=O) groups is 1. The lowest BCUT2D eigenvalue weighted by Crippen LogP contribution is -2.22. The molecule has 0 unspecified atom stereocenters. The van der Waals surface area contributed by atoms with E-state index in [2.05, 4.69) is 21.4 Å². The maximum Gasteiger partial charge on any atom is 0.220 e. The summed E-state index contributed by atoms with van der Waals surface area (Å²) in [7, 11) is 0. The molecule has 4 rings (SSSR count). The van der Waals surface area contributed by atoms with E-state index in [1.54, 1.807) is 23.6 Å². The number of aromatic nitrogens is 3. The maximum atomic E-state index is 12.1. The molecule has 138 valence electrons. The van der Waals surface area contributed by atoms with E-state index in [4.69, 9.17) is 11.6 Å². The second-order valence-corrected chi connectivity index (χ2v) is 7.96. The van der Waals surface area contributed by atoms with Crippen LogP contribution in [0.5, 0.6) is 0 Å². The van der Waals surface area contributed by atoms with Crippen molar-refractivity contribution < 1.29 is 4.79 Å². The summed E-state index contributed by atoms with van der Waals surface area (Å²) in [4.78, 5) is 21.2. The van der Waals surface area contributed by atoms with Crippen molar-refractivity contribution in [1.82, 2.24) is 19.7 Å². The Bertz CT molecular complexity index is 1050. The standard InChI is InChI=1S/C20H19ClN4OS/c21-14-9-10-18-23-15(13-25(18)12-14)11-22-19(26)7-3-4-8-20-24-16-5-1-2-6-17(16)27-20/h1-2,5-6,9-10,12-13H,3-4,7-8,11H2,(H,22,26). The Morgan fingerprint density at radius 1 is 1.11 bits per heavy atom. The lowest BCUT2D eigenvalue weighted by Gasteiger charge is -2.02. The van der Waals surface area contributed by atoms with Crippen molar-refractivity contribution in [1.29, 1.82) is 0 Å². The zero-order valence-corrected chi connectivity index (χ0v) is 16.3. The van der Waals surface area contributed by atoms with Gasteiger partial charge >= 0.3 is 0 Å². The molecule has 0 radical (unpaired) electrons. The molecule has 0 saturated carbocycles. The molecule has 0 aliphatic carbocycles. The van der Waals surface area contributed by atoms with E-state index in [0.717, 1.165) is 41.1 Å². The molecule has 0 aliphatic heterocycles. The van der Waals surface area contributed by atoms with Gasteiger partial charge in [-0.3, -0.25) is 4.79 Å². The minimum absolute atomic E-state index is 0.0504. The van der Waals surface area contributed by atoms with E-state index in [9.17, 15) is 4.79 Å². The average Bonchev–Trinajstić information content (AvgIpc) is 3.26.